The first-order valence-corrected chi connectivity index (χ1v) is 4.81. The van der Waals surface area contributed by atoms with Crippen LogP contribution in [-0.2, 0) is 14.6 Å². The van der Waals surface area contributed by atoms with Crippen LogP contribution in [0.2, 0.25) is 0 Å². The van der Waals surface area contributed by atoms with Crippen molar-refractivity contribution in [2.24, 2.45) is 4.99 Å². The lowest BCUT2D eigenvalue weighted by molar-refractivity contribution is -0.137. The highest BCUT2D eigenvalue weighted by Crippen LogP contribution is 2.27. The van der Waals surface area contributed by atoms with Crippen molar-refractivity contribution < 1.29 is 14.6 Å². The molecule has 0 saturated carbocycles. The van der Waals surface area contributed by atoms with Gasteiger partial charge >= 0.3 is 5.97 Å². The third-order valence-corrected chi connectivity index (χ3v) is 2.18. The summed E-state index contributed by atoms with van der Waals surface area (Å²) in [5.74, 6) is -0.543. The molecule has 0 aliphatic carbocycles. The van der Waals surface area contributed by atoms with Crippen LogP contribution in [0, 0.1) is 0 Å². The van der Waals surface area contributed by atoms with Crippen LogP contribution in [0.1, 0.15) is 27.7 Å². The van der Waals surface area contributed by atoms with E-state index in [0.717, 1.165) is 0 Å². The molecule has 0 saturated heterocycles. The van der Waals surface area contributed by atoms with E-state index in [0.29, 0.717) is 29.2 Å². The Morgan fingerprint density at radius 2 is 2.00 bits per heavy atom. The van der Waals surface area contributed by atoms with Gasteiger partial charge in [-0.1, -0.05) is 0 Å². The van der Waals surface area contributed by atoms with Gasteiger partial charge in [-0.05, 0) is 26.3 Å². The minimum atomic E-state index is -0.410. The summed E-state index contributed by atoms with van der Waals surface area (Å²) in [5, 5.41) is 11.2. The number of esters is 1. The van der Waals surface area contributed by atoms with Gasteiger partial charge in [-0.3, -0.25) is 5.11 Å². The molecule has 15 heavy (non-hydrogen) atoms. The van der Waals surface area contributed by atoms with Gasteiger partial charge in [-0.15, -0.1) is 0 Å². The summed E-state index contributed by atoms with van der Waals surface area (Å²) in [6.45, 7) is 6.90. The average Bonchev–Trinajstić information content (AvgIpc) is 2.42. The maximum atomic E-state index is 11.5. The molecule has 0 N–H and O–H groups in total. The maximum Gasteiger partial charge on any atom is 0.340 e. The van der Waals surface area contributed by atoms with Crippen LogP contribution in [0.15, 0.2) is 27.6 Å². The molecule has 0 aromatic heterocycles. The van der Waals surface area contributed by atoms with Crippen LogP contribution in [0.5, 0.6) is 0 Å². The summed E-state index contributed by atoms with van der Waals surface area (Å²) in [4.78, 5) is 15.6. The van der Waals surface area contributed by atoms with Crippen molar-refractivity contribution in [3.63, 3.8) is 0 Å². The molecule has 1 rings (SSSR count). The Balaban J connectivity index is 3.15. The van der Waals surface area contributed by atoms with E-state index in [2.05, 4.69) is 4.99 Å². The third kappa shape index (κ3) is 2.09. The van der Waals surface area contributed by atoms with E-state index < -0.39 is 5.97 Å². The minimum absolute atomic E-state index is 0.133. The molecule has 0 unspecified atom stereocenters. The van der Waals surface area contributed by atoms with Gasteiger partial charge in [0.2, 0.25) is 0 Å². The van der Waals surface area contributed by atoms with E-state index in [1.165, 1.54) is 6.92 Å². The molecule has 0 fully saturated rings. The van der Waals surface area contributed by atoms with Gasteiger partial charge < -0.3 is 4.74 Å². The minimum Gasteiger partial charge on any atom is -0.462 e. The number of hydrogen-bond donors (Lipinski definition) is 0. The number of rotatable bonds is 2. The fourth-order valence-electron chi connectivity index (χ4n) is 1.54. The molecule has 4 heteroatoms. The first kappa shape index (κ1) is 11.5. The highest BCUT2D eigenvalue weighted by atomic mass is 16.5. The predicted octanol–water partition coefficient (Wildman–Crippen LogP) is 2.00. The van der Waals surface area contributed by atoms with E-state index in [-0.39, 0.29) is 5.76 Å². The zero-order valence-electron chi connectivity index (χ0n) is 9.38. The van der Waals surface area contributed by atoms with Gasteiger partial charge in [0.15, 0.2) is 5.76 Å². The van der Waals surface area contributed by atoms with Gasteiger partial charge in [0.25, 0.3) is 0 Å². The van der Waals surface area contributed by atoms with Crippen molar-refractivity contribution in [2.45, 2.75) is 27.7 Å². The Kier molecular flexibility index (Phi) is 3.29. The molecule has 0 aromatic carbocycles. The zero-order valence-corrected chi connectivity index (χ0v) is 9.38. The molecule has 0 atom stereocenters. The molecule has 81 valence electrons. The standard InChI is InChI=1S/C11H14NO3/c1-5-15-11(14)9-6(2)10(8(4)13)12-7(9)3/h5H2,1-4H3. The fourth-order valence-corrected chi connectivity index (χ4v) is 1.54. The largest absolute Gasteiger partial charge is 0.462 e. The lowest BCUT2D eigenvalue weighted by Crippen LogP contribution is -2.12. The summed E-state index contributed by atoms with van der Waals surface area (Å²) in [6.07, 6.45) is 0. The number of carbonyl (C=O) groups is 1. The molecular formula is C11H14NO3. The first-order chi connectivity index (χ1) is 6.99. The lowest BCUT2D eigenvalue weighted by Gasteiger charge is -2.03. The number of carbonyl (C=O) groups excluding carboxylic acids is 1. The third-order valence-electron chi connectivity index (χ3n) is 2.18. The maximum absolute atomic E-state index is 11.5. The molecule has 0 aromatic rings. The summed E-state index contributed by atoms with van der Waals surface area (Å²) < 4.78 is 4.89. The highest BCUT2D eigenvalue weighted by Gasteiger charge is 2.26. The first-order valence-electron chi connectivity index (χ1n) is 4.81. The smallest absolute Gasteiger partial charge is 0.340 e. The van der Waals surface area contributed by atoms with Crippen molar-refractivity contribution in [3.8, 4) is 0 Å². The molecule has 1 aliphatic heterocycles. The lowest BCUT2D eigenvalue weighted by atomic mass is 10.1. The van der Waals surface area contributed by atoms with Crippen molar-refractivity contribution in [2.75, 3.05) is 6.61 Å². The zero-order chi connectivity index (χ0) is 11.6. The highest BCUT2D eigenvalue weighted by molar-refractivity contribution is 6.22. The van der Waals surface area contributed by atoms with Gasteiger partial charge in [-0.25, -0.2) is 9.79 Å². The number of aliphatic imine (C=N–C) groups is 1. The van der Waals surface area contributed by atoms with Crippen molar-refractivity contribution in [1.82, 2.24) is 0 Å². The van der Waals surface area contributed by atoms with Crippen molar-refractivity contribution >= 4 is 11.7 Å². The van der Waals surface area contributed by atoms with Gasteiger partial charge in [-0.2, -0.15) is 0 Å². The van der Waals surface area contributed by atoms with E-state index >= 15 is 0 Å². The second kappa shape index (κ2) is 4.29. The normalized spacial score (nSPS) is 19.1. The monoisotopic (exact) mass is 208 g/mol. The quantitative estimate of drug-likeness (QED) is 0.514. The number of hydrogen-bond acceptors (Lipinski definition) is 3. The van der Waals surface area contributed by atoms with E-state index in [9.17, 15) is 9.90 Å². The summed E-state index contributed by atoms with van der Waals surface area (Å²) in [5.41, 5.74) is 1.94. The molecule has 0 spiro atoms. The molecule has 0 bridgehead atoms. The summed E-state index contributed by atoms with van der Waals surface area (Å²) >= 11 is 0. The second-order valence-corrected chi connectivity index (χ2v) is 3.32. The number of allylic oxidation sites excluding steroid dienone is 2. The molecular weight excluding hydrogens is 194 g/mol. The second-order valence-electron chi connectivity index (χ2n) is 3.32. The summed E-state index contributed by atoms with van der Waals surface area (Å²) in [7, 11) is 0. The molecule has 1 heterocycles. The van der Waals surface area contributed by atoms with E-state index in [1.807, 2.05) is 0 Å². The Bertz CT molecular complexity index is 385. The SMILES string of the molecule is CCOC(=O)C1=C(C)C(=C(C)[O])N=C1C. The fraction of sp³-hybridized carbons (Fsp3) is 0.455. The molecule has 1 radical (unpaired) electrons. The van der Waals surface area contributed by atoms with Crippen LogP contribution >= 0.6 is 0 Å². The van der Waals surface area contributed by atoms with Gasteiger partial charge in [0, 0.05) is 6.92 Å². The number of ether oxygens (including phenoxy) is 1. The van der Waals surface area contributed by atoms with Crippen LogP contribution in [0.4, 0.5) is 0 Å². The Labute approximate surface area is 89.0 Å². The van der Waals surface area contributed by atoms with Crippen LogP contribution in [-0.4, -0.2) is 18.3 Å². The van der Waals surface area contributed by atoms with E-state index in [4.69, 9.17) is 4.74 Å². The summed E-state index contributed by atoms with van der Waals surface area (Å²) in [6, 6.07) is 0. The molecule has 4 nitrogen and oxygen atoms in total. The van der Waals surface area contributed by atoms with Crippen molar-refractivity contribution in [3.05, 3.63) is 22.6 Å². The predicted molar refractivity (Wildman–Crippen MR) is 55.8 cm³/mol. The molecule has 0 amide bonds. The average molecular weight is 208 g/mol. The number of nitrogens with zero attached hydrogens (tertiary/aromatic N) is 1. The Morgan fingerprint density at radius 1 is 1.40 bits per heavy atom. The van der Waals surface area contributed by atoms with Crippen molar-refractivity contribution in [1.29, 1.82) is 0 Å². The Morgan fingerprint density at radius 3 is 2.40 bits per heavy atom. The van der Waals surface area contributed by atoms with Crippen LogP contribution in [0.25, 0.3) is 0 Å². The van der Waals surface area contributed by atoms with Gasteiger partial charge in [0.1, 0.15) is 5.70 Å². The topological polar surface area (TPSA) is 58.6 Å². The Hall–Kier alpha value is -1.58. The molecule has 1 aliphatic rings. The van der Waals surface area contributed by atoms with Crippen LogP contribution in [0.3, 0.4) is 0 Å². The van der Waals surface area contributed by atoms with E-state index in [1.54, 1.807) is 20.8 Å². The van der Waals surface area contributed by atoms with Crippen LogP contribution < -0.4 is 0 Å². The van der Waals surface area contributed by atoms with Gasteiger partial charge in [0.05, 0.1) is 17.9 Å².